The van der Waals surface area contributed by atoms with Crippen molar-refractivity contribution in [1.82, 2.24) is 10.2 Å². The third kappa shape index (κ3) is 3.29. The van der Waals surface area contributed by atoms with Crippen LogP contribution in [0.1, 0.15) is 12.0 Å². The molecule has 1 saturated heterocycles. The van der Waals surface area contributed by atoms with Crippen LogP contribution in [0.5, 0.6) is 0 Å². The molecule has 102 valence electrons. The second-order valence-corrected chi connectivity index (χ2v) is 4.86. The van der Waals surface area contributed by atoms with Gasteiger partial charge in [0.15, 0.2) is 0 Å². The van der Waals surface area contributed by atoms with E-state index < -0.39 is 4.92 Å². The Morgan fingerprint density at radius 1 is 1.47 bits per heavy atom. The van der Waals surface area contributed by atoms with Crippen LogP contribution in [-0.2, 0) is 11.3 Å². The van der Waals surface area contributed by atoms with Gasteiger partial charge in [-0.05, 0) is 19.0 Å². The van der Waals surface area contributed by atoms with Crippen LogP contribution < -0.4 is 5.32 Å². The van der Waals surface area contributed by atoms with Gasteiger partial charge in [-0.15, -0.1) is 0 Å². The molecule has 1 aliphatic heterocycles. The zero-order valence-corrected chi connectivity index (χ0v) is 10.8. The van der Waals surface area contributed by atoms with Gasteiger partial charge in [-0.25, -0.2) is 0 Å². The van der Waals surface area contributed by atoms with Crippen molar-refractivity contribution in [2.75, 3.05) is 20.1 Å². The van der Waals surface area contributed by atoms with Gasteiger partial charge < -0.3 is 10.2 Å². The fourth-order valence-electron chi connectivity index (χ4n) is 2.06. The molecule has 6 heteroatoms. The van der Waals surface area contributed by atoms with Gasteiger partial charge in [0, 0.05) is 25.1 Å². The SMILES string of the molecule is CN(Cc1ccccc1[N+](=O)[O-])C(=O)CC1CNC1. The summed E-state index contributed by atoms with van der Waals surface area (Å²) in [5.74, 6) is 0.436. The maximum absolute atomic E-state index is 12.0. The lowest BCUT2D eigenvalue weighted by Crippen LogP contribution is -2.44. The first-order valence-electron chi connectivity index (χ1n) is 6.25. The quantitative estimate of drug-likeness (QED) is 0.639. The topological polar surface area (TPSA) is 75.5 Å². The van der Waals surface area contributed by atoms with Crippen molar-refractivity contribution in [3.05, 3.63) is 39.9 Å². The Morgan fingerprint density at radius 3 is 2.74 bits per heavy atom. The van der Waals surface area contributed by atoms with E-state index in [4.69, 9.17) is 0 Å². The molecule has 1 aliphatic rings. The summed E-state index contributed by atoms with van der Waals surface area (Å²) < 4.78 is 0. The standard InChI is InChI=1S/C13H17N3O3/c1-15(13(17)6-10-7-14-8-10)9-11-4-2-3-5-12(11)16(18)19/h2-5,10,14H,6-9H2,1H3. The lowest BCUT2D eigenvalue weighted by molar-refractivity contribution is -0.385. The molecule has 1 aromatic rings. The number of amides is 1. The molecule has 0 radical (unpaired) electrons. The minimum Gasteiger partial charge on any atom is -0.341 e. The van der Waals surface area contributed by atoms with Crippen LogP contribution in [0.2, 0.25) is 0 Å². The second-order valence-electron chi connectivity index (χ2n) is 4.86. The Bertz CT molecular complexity index is 486. The first-order chi connectivity index (χ1) is 9.08. The number of hydrogen-bond donors (Lipinski definition) is 1. The van der Waals surface area contributed by atoms with E-state index in [-0.39, 0.29) is 18.1 Å². The Morgan fingerprint density at radius 2 is 2.16 bits per heavy atom. The molecule has 1 fully saturated rings. The summed E-state index contributed by atoms with van der Waals surface area (Å²) in [6.07, 6.45) is 0.504. The molecular weight excluding hydrogens is 246 g/mol. The van der Waals surface area contributed by atoms with Gasteiger partial charge in [0.05, 0.1) is 11.5 Å². The monoisotopic (exact) mass is 263 g/mol. The van der Waals surface area contributed by atoms with Gasteiger partial charge in [-0.2, -0.15) is 0 Å². The van der Waals surface area contributed by atoms with E-state index >= 15 is 0 Å². The molecule has 1 amide bonds. The van der Waals surface area contributed by atoms with E-state index in [0.717, 1.165) is 13.1 Å². The average molecular weight is 263 g/mol. The molecule has 1 N–H and O–H groups in total. The molecule has 0 atom stereocenters. The smallest absolute Gasteiger partial charge is 0.274 e. The van der Waals surface area contributed by atoms with Gasteiger partial charge >= 0.3 is 0 Å². The summed E-state index contributed by atoms with van der Waals surface area (Å²) >= 11 is 0. The number of nitro groups is 1. The molecule has 0 aliphatic carbocycles. The van der Waals surface area contributed by atoms with E-state index in [0.29, 0.717) is 17.9 Å². The number of nitro benzene ring substituents is 1. The summed E-state index contributed by atoms with van der Waals surface area (Å²) in [6.45, 7) is 2.03. The lowest BCUT2D eigenvalue weighted by atomic mass is 9.98. The molecular formula is C13H17N3O3. The van der Waals surface area contributed by atoms with Crippen molar-refractivity contribution in [3.8, 4) is 0 Å². The Hall–Kier alpha value is -1.95. The summed E-state index contributed by atoms with van der Waals surface area (Å²) in [4.78, 5) is 24.0. The Balaban J connectivity index is 1.99. The number of para-hydroxylation sites is 1. The number of nitrogens with zero attached hydrogens (tertiary/aromatic N) is 2. The highest BCUT2D eigenvalue weighted by atomic mass is 16.6. The minimum atomic E-state index is -0.413. The van der Waals surface area contributed by atoms with Crippen LogP contribution in [0.15, 0.2) is 24.3 Å². The van der Waals surface area contributed by atoms with Crippen LogP contribution in [-0.4, -0.2) is 35.9 Å². The molecule has 0 unspecified atom stereocenters. The predicted molar refractivity (Wildman–Crippen MR) is 70.5 cm³/mol. The third-order valence-corrected chi connectivity index (χ3v) is 3.35. The van der Waals surface area contributed by atoms with Crippen LogP contribution in [0.3, 0.4) is 0 Å². The molecule has 0 spiro atoms. The zero-order valence-electron chi connectivity index (χ0n) is 10.8. The minimum absolute atomic E-state index is 0.0321. The predicted octanol–water partition coefficient (Wildman–Crippen LogP) is 1.16. The van der Waals surface area contributed by atoms with Crippen LogP contribution >= 0.6 is 0 Å². The van der Waals surface area contributed by atoms with E-state index in [1.165, 1.54) is 6.07 Å². The first-order valence-corrected chi connectivity index (χ1v) is 6.25. The maximum atomic E-state index is 12.0. The highest BCUT2D eigenvalue weighted by Crippen LogP contribution is 2.20. The number of benzene rings is 1. The fraction of sp³-hybridized carbons (Fsp3) is 0.462. The summed E-state index contributed by atoms with van der Waals surface area (Å²) in [5, 5.41) is 14.0. The normalized spacial score (nSPS) is 14.8. The maximum Gasteiger partial charge on any atom is 0.274 e. The molecule has 0 saturated carbocycles. The van der Waals surface area contributed by atoms with E-state index in [9.17, 15) is 14.9 Å². The van der Waals surface area contributed by atoms with Gasteiger partial charge in [0.1, 0.15) is 0 Å². The molecule has 2 rings (SSSR count). The van der Waals surface area contributed by atoms with E-state index in [1.54, 1.807) is 30.1 Å². The molecule has 1 aromatic carbocycles. The molecule has 1 heterocycles. The lowest BCUT2D eigenvalue weighted by Gasteiger charge is -2.28. The number of carbonyl (C=O) groups is 1. The summed E-state index contributed by atoms with van der Waals surface area (Å²) in [7, 11) is 1.69. The number of hydrogen-bond acceptors (Lipinski definition) is 4. The molecule has 0 bridgehead atoms. The van der Waals surface area contributed by atoms with E-state index in [1.807, 2.05) is 0 Å². The van der Waals surface area contributed by atoms with Crippen molar-refractivity contribution in [2.24, 2.45) is 5.92 Å². The Labute approximate surface area is 111 Å². The summed E-state index contributed by atoms with van der Waals surface area (Å²) in [6, 6.07) is 6.52. The highest BCUT2D eigenvalue weighted by molar-refractivity contribution is 5.76. The van der Waals surface area contributed by atoms with E-state index in [2.05, 4.69) is 5.32 Å². The van der Waals surface area contributed by atoms with Gasteiger partial charge in [-0.1, -0.05) is 18.2 Å². The van der Waals surface area contributed by atoms with Crippen molar-refractivity contribution >= 4 is 11.6 Å². The zero-order chi connectivity index (χ0) is 13.8. The van der Waals surface area contributed by atoms with Crippen LogP contribution in [0.25, 0.3) is 0 Å². The van der Waals surface area contributed by atoms with Gasteiger partial charge in [0.2, 0.25) is 5.91 Å². The number of carbonyl (C=O) groups excluding carboxylic acids is 1. The first kappa shape index (κ1) is 13.5. The van der Waals surface area contributed by atoms with Crippen molar-refractivity contribution in [3.63, 3.8) is 0 Å². The molecule has 0 aromatic heterocycles. The number of nitrogens with one attached hydrogen (secondary N) is 1. The van der Waals surface area contributed by atoms with Crippen molar-refractivity contribution in [1.29, 1.82) is 0 Å². The van der Waals surface area contributed by atoms with Crippen molar-refractivity contribution < 1.29 is 9.72 Å². The highest BCUT2D eigenvalue weighted by Gasteiger charge is 2.23. The van der Waals surface area contributed by atoms with Crippen LogP contribution in [0, 0.1) is 16.0 Å². The van der Waals surface area contributed by atoms with Gasteiger partial charge in [-0.3, -0.25) is 14.9 Å². The largest absolute Gasteiger partial charge is 0.341 e. The third-order valence-electron chi connectivity index (χ3n) is 3.35. The molecule has 19 heavy (non-hydrogen) atoms. The van der Waals surface area contributed by atoms with Gasteiger partial charge in [0.25, 0.3) is 5.69 Å². The Kier molecular flexibility index (Phi) is 4.11. The second kappa shape index (κ2) is 5.79. The average Bonchev–Trinajstić information content (AvgIpc) is 2.33. The molecule has 6 nitrogen and oxygen atoms in total. The van der Waals surface area contributed by atoms with Crippen LogP contribution in [0.4, 0.5) is 5.69 Å². The summed E-state index contributed by atoms with van der Waals surface area (Å²) in [5.41, 5.74) is 0.627. The van der Waals surface area contributed by atoms with Crippen molar-refractivity contribution in [2.45, 2.75) is 13.0 Å². The number of rotatable bonds is 5. The fourth-order valence-corrected chi connectivity index (χ4v) is 2.06.